The van der Waals surface area contributed by atoms with E-state index < -0.39 is 16.6 Å². The zero-order valence-corrected chi connectivity index (χ0v) is 19.4. The van der Waals surface area contributed by atoms with Crippen molar-refractivity contribution in [1.29, 1.82) is 0 Å². The minimum atomic E-state index is -4.42. The third-order valence-electron chi connectivity index (χ3n) is 5.91. The lowest BCUT2D eigenvalue weighted by Gasteiger charge is -2.33. The van der Waals surface area contributed by atoms with Gasteiger partial charge in [0, 0.05) is 24.3 Å². The van der Waals surface area contributed by atoms with Crippen LogP contribution in [0.5, 0.6) is 5.75 Å². The summed E-state index contributed by atoms with van der Waals surface area (Å²) in [5, 5.41) is 0. The zero-order chi connectivity index (χ0) is 24.0. The fraction of sp³-hybridized carbons (Fsp3) is 0.417. The lowest BCUT2D eigenvalue weighted by molar-refractivity contribution is -0.140. The number of carbonyl (C=O) groups is 2. The van der Waals surface area contributed by atoms with Crippen molar-refractivity contribution in [2.24, 2.45) is 5.92 Å². The molecule has 4 rings (SSSR count). The summed E-state index contributed by atoms with van der Waals surface area (Å²) in [5.41, 5.74) is 1.14. The first-order chi connectivity index (χ1) is 15.6. The summed E-state index contributed by atoms with van der Waals surface area (Å²) < 4.78 is 44.2. The van der Waals surface area contributed by atoms with Crippen LogP contribution in [-0.2, 0) is 27.2 Å². The van der Waals surface area contributed by atoms with Gasteiger partial charge < -0.3 is 14.5 Å². The highest BCUT2D eigenvalue weighted by atomic mass is 32.2. The van der Waals surface area contributed by atoms with Crippen molar-refractivity contribution in [3.63, 3.8) is 0 Å². The second-order valence-electron chi connectivity index (χ2n) is 8.60. The predicted octanol–water partition coefficient (Wildman–Crippen LogP) is 5.04. The van der Waals surface area contributed by atoms with Crippen LogP contribution in [0.4, 0.5) is 18.9 Å². The molecule has 1 atom stereocenters. The standard InChI is InChI=1S/C24H25F3N2O3S/c1-15(2)12-21(30)29-10-11-33-23(29)19-13-18(32-3)8-9-20(19)28(22(23)31)14-16-4-6-17(7-5-16)24(25,26)27/h4-9,13,15H,10-12,14H2,1-3H3/t23-/m1/s1. The Hall–Kier alpha value is -2.68. The second kappa shape index (κ2) is 8.59. The molecule has 2 aliphatic heterocycles. The van der Waals surface area contributed by atoms with E-state index in [2.05, 4.69) is 0 Å². The van der Waals surface area contributed by atoms with E-state index in [4.69, 9.17) is 4.74 Å². The molecule has 2 aliphatic rings. The maximum absolute atomic E-state index is 13.9. The molecule has 0 aliphatic carbocycles. The van der Waals surface area contributed by atoms with E-state index in [1.165, 1.54) is 31.0 Å². The molecule has 9 heteroatoms. The Morgan fingerprint density at radius 2 is 1.88 bits per heavy atom. The Labute approximate surface area is 194 Å². The number of alkyl halides is 3. The Bertz CT molecular complexity index is 1070. The third-order valence-corrected chi connectivity index (χ3v) is 7.33. The number of nitrogens with zero attached hydrogens (tertiary/aromatic N) is 2. The van der Waals surface area contributed by atoms with Gasteiger partial charge in [0.05, 0.1) is 24.9 Å². The van der Waals surface area contributed by atoms with Gasteiger partial charge in [0.25, 0.3) is 5.91 Å². The number of thioether (sulfide) groups is 1. The molecule has 1 spiro atoms. The number of carbonyl (C=O) groups excluding carboxylic acids is 2. The number of amides is 2. The van der Waals surface area contributed by atoms with Crippen molar-refractivity contribution in [2.45, 2.75) is 37.9 Å². The van der Waals surface area contributed by atoms with Gasteiger partial charge in [0.15, 0.2) is 4.87 Å². The molecule has 0 saturated carbocycles. The van der Waals surface area contributed by atoms with Gasteiger partial charge in [-0.3, -0.25) is 9.59 Å². The summed E-state index contributed by atoms with van der Waals surface area (Å²) in [6.07, 6.45) is -4.10. The molecule has 0 N–H and O–H groups in total. The maximum atomic E-state index is 13.9. The van der Waals surface area contributed by atoms with Gasteiger partial charge in [-0.2, -0.15) is 13.2 Å². The van der Waals surface area contributed by atoms with Crippen molar-refractivity contribution in [3.05, 3.63) is 59.2 Å². The summed E-state index contributed by atoms with van der Waals surface area (Å²) >= 11 is 1.42. The lowest BCUT2D eigenvalue weighted by atomic mass is 10.0. The van der Waals surface area contributed by atoms with E-state index in [0.717, 1.165) is 12.1 Å². The van der Waals surface area contributed by atoms with Crippen LogP contribution in [0.3, 0.4) is 0 Å². The Kier molecular flexibility index (Phi) is 6.11. The predicted molar refractivity (Wildman–Crippen MR) is 121 cm³/mol. The summed E-state index contributed by atoms with van der Waals surface area (Å²) in [6.45, 7) is 4.47. The number of hydrogen-bond acceptors (Lipinski definition) is 4. The quantitative estimate of drug-likeness (QED) is 0.605. The number of fused-ring (bicyclic) bond motifs is 2. The molecule has 1 saturated heterocycles. The zero-order valence-electron chi connectivity index (χ0n) is 18.6. The molecule has 33 heavy (non-hydrogen) atoms. The van der Waals surface area contributed by atoms with Crippen LogP contribution in [0.15, 0.2) is 42.5 Å². The van der Waals surface area contributed by atoms with Gasteiger partial charge >= 0.3 is 6.18 Å². The SMILES string of the molecule is COc1ccc2c(c1)[C@@]1(SCCN1C(=O)CC(C)C)C(=O)N2Cc1ccc(C(F)(F)F)cc1. The highest BCUT2D eigenvalue weighted by Crippen LogP contribution is 2.55. The number of halogens is 3. The van der Waals surface area contributed by atoms with Crippen LogP contribution in [0.25, 0.3) is 0 Å². The maximum Gasteiger partial charge on any atom is 0.416 e. The van der Waals surface area contributed by atoms with E-state index in [1.807, 2.05) is 13.8 Å². The second-order valence-corrected chi connectivity index (χ2v) is 9.89. The molecule has 1 fully saturated rings. The van der Waals surface area contributed by atoms with Crippen LogP contribution in [0.2, 0.25) is 0 Å². The number of rotatable bonds is 5. The molecule has 0 radical (unpaired) electrons. The minimum Gasteiger partial charge on any atom is -0.497 e. The highest BCUT2D eigenvalue weighted by Gasteiger charge is 2.59. The van der Waals surface area contributed by atoms with Crippen molar-refractivity contribution >= 4 is 29.3 Å². The van der Waals surface area contributed by atoms with E-state index >= 15 is 0 Å². The van der Waals surface area contributed by atoms with Gasteiger partial charge in [-0.05, 0) is 41.8 Å². The van der Waals surface area contributed by atoms with Crippen LogP contribution < -0.4 is 9.64 Å². The van der Waals surface area contributed by atoms with Crippen LogP contribution in [0.1, 0.15) is 37.0 Å². The monoisotopic (exact) mass is 478 g/mol. The molecule has 2 aromatic rings. The molecule has 5 nitrogen and oxygen atoms in total. The van der Waals surface area contributed by atoms with E-state index in [0.29, 0.717) is 41.3 Å². The van der Waals surface area contributed by atoms with Crippen molar-refractivity contribution in [3.8, 4) is 5.75 Å². The molecular formula is C24H25F3N2O3S. The minimum absolute atomic E-state index is 0.0894. The van der Waals surface area contributed by atoms with Crippen molar-refractivity contribution < 1.29 is 27.5 Å². The third kappa shape index (κ3) is 4.07. The summed E-state index contributed by atoms with van der Waals surface area (Å²) in [6, 6.07) is 10.1. The van der Waals surface area contributed by atoms with Gasteiger partial charge in [-0.25, -0.2) is 0 Å². The van der Waals surface area contributed by atoms with Gasteiger partial charge in [-0.1, -0.05) is 26.0 Å². The first-order valence-electron chi connectivity index (χ1n) is 10.7. The Morgan fingerprint density at radius 3 is 2.48 bits per heavy atom. The largest absolute Gasteiger partial charge is 0.497 e. The number of benzene rings is 2. The molecule has 0 bridgehead atoms. The van der Waals surface area contributed by atoms with Crippen LogP contribution in [-0.4, -0.2) is 36.1 Å². The molecule has 2 aromatic carbocycles. The van der Waals surface area contributed by atoms with Gasteiger partial charge in [0.2, 0.25) is 5.91 Å². The van der Waals surface area contributed by atoms with Gasteiger partial charge in [-0.15, -0.1) is 11.8 Å². The molecule has 2 amide bonds. The van der Waals surface area contributed by atoms with E-state index in [1.54, 1.807) is 28.0 Å². The van der Waals surface area contributed by atoms with E-state index in [-0.39, 0.29) is 24.3 Å². The first kappa shape index (κ1) is 23.5. The lowest BCUT2D eigenvalue weighted by Crippen LogP contribution is -2.50. The normalized spacial score (nSPS) is 20.2. The number of methoxy groups -OCH3 is 1. The van der Waals surface area contributed by atoms with Crippen LogP contribution in [0, 0.1) is 5.92 Å². The van der Waals surface area contributed by atoms with Crippen LogP contribution >= 0.6 is 11.8 Å². The fourth-order valence-electron chi connectivity index (χ4n) is 4.38. The number of ether oxygens (including phenoxy) is 1. The smallest absolute Gasteiger partial charge is 0.416 e. The first-order valence-corrected chi connectivity index (χ1v) is 11.7. The molecule has 2 heterocycles. The molecule has 0 unspecified atom stereocenters. The topological polar surface area (TPSA) is 49.9 Å². The average molecular weight is 479 g/mol. The van der Waals surface area contributed by atoms with Gasteiger partial charge in [0.1, 0.15) is 5.75 Å². The van der Waals surface area contributed by atoms with E-state index in [9.17, 15) is 22.8 Å². The number of hydrogen-bond donors (Lipinski definition) is 0. The Balaban J connectivity index is 1.74. The Morgan fingerprint density at radius 1 is 1.18 bits per heavy atom. The summed E-state index contributed by atoms with van der Waals surface area (Å²) in [7, 11) is 1.54. The summed E-state index contributed by atoms with van der Waals surface area (Å²) in [4.78, 5) is 29.1. The van der Waals surface area contributed by atoms with Crippen molar-refractivity contribution in [1.82, 2.24) is 4.90 Å². The highest BCUT2D eigenvalue weighted by molar-refractivity contribution is 8.01. The molecule has 0 aromatic heterocycles. The number of anilines is 1. The molecular weight excluding hydrogens is 453 g/mol. The summed E-state index contributed by atoms with van der Waals surface area (Å²) in [5.74, 6) is 0.977. The fourth-order valence-corrected chi connectivity index (χ4v) is 5.85. The molecule has 176 valence electrons. The van der Waals surface area contributed by atoms with Crippen molar-refractivity contribution in [2.75, 3.05) is 24.3 Å². The average Bonchev–Trinajstić information content (AvgIpc) is 3.30.